The van der Waals surface area contributed by atoms with Gasteiger partial charge in [0.25, 0.3) is 5.91 Å². The molecule has 6 heteroatoms. The molecule has 2 rings (SSSR count). The highest BCUT2D eigenvalue weighted by Gasteiger charge is 2.36. The van der Waals surface area contributed by atoms with Crippen molar-refractivity contribution >= 4 is 23.5 Å². The van der Waals surface area contributed by atoms with Crippen LogP contribution in [0.2, 0.25) is 0 Å². The van der Waals surface area contributed by atoms with E-state index in [4.69, 9.17) is 0 Å². The van der Waals surface area contributed by atoms with Gasteiger partial charge in [-0.05, 0) is 48.9 Å². The summed E-state index contributed by atoms with van der Waals surface area (Å²) in [4.78, 5) is 37.4. The molecule has 1 aliphatic rings. The van der Waals surface area contributed by atoms with Crippen molar-refractivity contribution in [1.29, 1.82) is 0 Å². The summed E-state index contributed by atoms with van der Waals surface area (Å²) in [5.41, 5.74) is 1.58. The number of aliphatic carboxylic acids is 1. The SMILES string of the molecule is Cc1cc(NC(=O)CC2(CC(=O)O)CCCCC2)ccc1C(=O)N(C)C. The van der Waals surface area contributed by atoms with E-state index in [1.165, 1.54) is 4.90 Å². The Bertz CT molecular complexity index is 691. The van der Waals surface area contributed by atoms with Crippen molar-refractivity contribution in [2.45, 2.75) is 51.9 Å². The largest absolute Gasteiger partial charge is 0.481 e. The lowest BCUT2D eigenvalue weighted by Gasteiger charge is -2.35. The standard InChI is InChI=1S/C20H28N2O4/c1-14-11-15(7-8-16(14)19(26)22(2)3)21-17(23)12-20(13-18(24)25)9-5-4-6-10-20/h7-8,11H,4-6,9-10,12-13H2,1-3H3,(H,21,23)(H,24,25). The maximum atomic E-state index is 12.5. The molecule has 0 aromatic heterocycles. The summed E-state index contributed by atoms with van der Waals surface area (Å²) in [7, 11) is 3.40. The van der Waals surface area contributed by atoms with Crippen LogP contribution in [0.25, 0.3) is 0 Å². The monoisotopic (exact) mass is 360 g/mol. The van der Waals surface area contributed by atoms with E-state index in [2.05, 4.69) is 5.32 Å². The number of benzene rings is 1. The van der Waals surface area contributed by atoms with E-state index in [9.17, 15) is 19.5 Å². The van der Waals surface area contributed by atoms with E-state index in [1.807, 2.05) is 6.92 Å². The highest BCUT2D eigenvalue weighted by molar-refractivity contribution is 5.97. The fourth-order valence-electron chi connectivity index (χ4n) is 3.81. The molecule has 2 amide bonds. The van der Waals surface area contributed by atoms with Crippen LogP contribution in [0.5, 0.6) is 0 Å². The third-order valence-corrected chi connectivity index (χ3v) is 5.12. The molecule has 1 fully saturated rings. The molecule has 26 heavy (non-hydrogen) atoms. The minimum atomic E-state index is -0.845. The average molecular weight is 360 g/mol. The number of rotatable bonds is 6. The number of nitrogens with zero attached hydrogens (tertiary/aromatic N) is 1. The maximum Gasteiger partial charge on any atom is 0.303 e. The van der Waals surface area contributed by atoms with Crippen LogP contribution in [0, 0.1) is 12.3 Å². The molecular weight excluding hydrogens is 332 g/mol. The van der Waals surface area contributed by atoms with Gasteiger partial charge in [0, 0.05) is 31.8 Å². The number of carboxylic acid groups (broad SMARTS) is 1. The predicted octanol–water partition coefficient (Wildman–Crippen LogP) is 3.45. The lowest BCUT2D eigenvalue weighted by molar-refractivity contribution is -0.140. The van der Waals surface area contributed by atoms with Gasteiger partial charge in [0.2, 0.25) is 5.91 Å². The van der Waals surface area contributed by atoms with Gasteiger partial charge >= 0.3 is 5.97 Å². The summed E-state index contributed by atoms with van der Waals surface area (Å²) in [6, 6.07) is 5.20. The maximum absolute atomic E-state index is 12.5. The minimum absolute atomic E-state index is 0.0374. The van der Waals surface area contributed by atoms with Gasteiger partial charge in [-0.25, -0.2) is 0 Å². The van der Waals surface area contributed by atoms with Crippen LogP contribution in [0.4, 0.5) is 5.69 Å². The normalized spacial score (nSPS) is 16.0. The first kappa shape index (κ1) is 19.9. The lowest BCUT2D eigenvalue weighted by Crippen LogP contribution is -2.32. The average Bonchev–Trinajstić information content (AvgIpc) is 2.54. The Labute approximate surface area is 154 Å². The molecule has 0 bridgehead atoms. The van der Waals surface area contributed by atoms with Crippen LogP contribution in [-0.4, -0.2) is 41.9 Å². The number of carbonyl (C=O) groups excluding carboxylic acids is 2. The molecular formula is C20H28N2O4. The number of aryl methyl sites for hydroxylation is 1. The summed E-state index contributed by atoms with van der Waals surface area (Å²) in [6.45, 7) is 1.83. The summed E-state index contributed by atoms with van der Waals surface area (Å²) in [5.74, 6) is -1.09. The molecule has 0 atom stereocenters. The van der Waals surface area contributed by atoms with Crippen molar-refractivity contribution in [1.82, 2.24) is 4.90 Å². The topological polar surface area (TPSA) is 86.7 Å². The third kappa shape index (κ3) is 5.07. The highest BCUT2D eigenvalue weighted by atomic mass is 16.4. The van der Waals surface area contributed by atoms with E-state index < -0.39 is 11.4 Å². The smallest absolute Gasteiger partial charge is 0.303 e. The van der Waals surface area contributed by atoms with Crippen LogP contribution in [0.1, 0.15) is 60.9 Å². The molecule has 0 spiro atoms. The molecule has 6 nitrogen and oxygen atoms in total. The first-order valence-corrected chi connectivity index (χ1v) is 9.06. The third-order valence-electron chi connectivity index (χ3n) is 5.12. The minimum Gasteiger partial charge on any atom is -0.481 e. The van der Waals surface area contributed by atoms with Crippen molar-refractivity contribution in [3.63, 3.8) is 0 Å². The molecule has 1 aromatic carbocycles. The molecule has 2 N–H and O–H groups in total. The van der Waals surface area contributed by atoms with Crippen LogP contribution >= 0.6 is 0 Å². The van der Waals surface area contributed by atoms with Gasteiger partial charge in [-0.3, -0.25) is 14.4 Å². The van der Waals surface area contributed by atoms with Crippen LogP contribution < -0.4 is 5.32 Å². The summed E-state index contributed by atoms with van der Waals surface area (Å²) < 4.78 is 0. The quantitative estimate of drug-likeness (QED) is 0.813. The highest BCUT2D eigenvalue weighted by Crippen LogP contribution is 2.42. The van der Waals surface area contributed by atoms with E-state index in [1.54, 1.807) is 32.3 Å². The number of hydrogen-bond acceptors (Lipinski definition) is 3. The zero-order valence-corrected chi connectivity index (χ0v) is 15.8. The molecule has 0 radical (unpaired) electrons. The van der Waals surface area contributed by atoms with Crippen LogP contribution in [0.3, 0.4) is 0 Å². The second-order valence-electron chi connectivity index (χ2n) is 7.59. The fourth-order valence-corrected chi connectivity index (χ4v) is 3.81. The van der Waals surface area contributed by atoms with Crippen molar-refractivity contribution in [2.24, 2.45) is 5.41 Å². The number of anilines is 1. The zero-order chi connectivity index (χ0) is 19.3. The number of carbonyl (C=O) groups is 3. The Morgan fingerprint density at radius 3 is 2.31 bits per heavy atom. The number of hydrogen-bond donors (Lipinski definition) is 2. The predicted molar refractivity (Wildman–Crippen MR) is 100 cm³/mol. The molecule has 1 aromatic rings. The van der Waals surface area contributed by atoms with E-state index >= 15 is 0 Å². The van der Waals surface area contributed by atoms with Crippen molar-refractivity contribution < 1.29 is 19.5 Å². The van der Waals surface area contributed by atoms with E-state index in [0.717, 1.165) is 37.7 Å². The molecule has 1 saturated carbocycles. The van der Waals surface area contributed by atoms with Gasteiger partial charge in [0.15, 0.2) is 0 Å². The summed E-state index contributed by atoms with van der Waals surface area (Å²) >= 11 is 0. The van der Waals surface area contributed by atoms with Crippen molar-refractivity contribution in [2.75, 3.05) is 19.4 Å². The molecule has 0 saturated heterocycles. The Hall–Kier alpha value is -2.37. The van der Waals surface area contributed by atoms with E-state index in [-0.39, 0.29) is 24.7 Å². The lowest BCUT2D eigenvalue weighted by atomic mass is 9.69. The molecule has 0 heterocycles. The first-order valence-electron chi connectivity index (χ1n) is 9.06. The number of carboxylic acids is 1. The molecule has 0 unspecified atom stereocenters. The Balaban J connectivity index is 2.07. The molecule has 142 valence electrons. The summed E-state index contributed by atoms with van der Waals surface area (Å²) in [5, 5.41) is 12.1. The van der Waals surface area contributed by atoms with E-state index in [0.29, 0.717) is 11.3 Å². The first-order chi connectivity index (χ1) is 12.2. The summed E-state index contributed by atoms with van der Waals surface area (Å²) in [6.07, 6.45) is 4.86. The zero-order valence-electron chi connectivity index (χ0n) is 15.8. The van der Waals surface area contributed by atoms with Gasteiger partial charge < -0.3 is 15.3 Å². The Morgan fingerprint density at radius 1 is 1.12 bits per heavy atom. The van der Waals surface area contributed by atoms with Gasteiger partial charge in [-0.15, -0.1) is 0 Å². The van der Waals surface area contributed by atoms with Gasteiger partial charge in [-0.2, -0.15) is 0 Å². The molecule has 0 aliphatic heterocycles. The van der Waals surface area contributed by atoms with Gasteiger partial charge in [0.05, 0.1) is 6.42 Å². The number of amides is 2. The fraction of sp³-hybridized carbons (Fsp3) is 0.550. The second kappa shape index (κ2) is 8.34. The van der Waals surface area contributed by atoms with Gasteiger partial charge in [0.1, 0.15) is 0 Å². The van der Waals surface area contributed by atoms with Crippen LogP contribution in [0.15, 0.2) is 18.2 Å². The Morgan fingerprint density at radius 2 is 1.77 bits per heavy atom. The second-order valence-corrected chi connectivity index (χ2v) is 7.59. The van der Waals surface area contributed by atoms with Crippen molar-refractivity contribution in [3.05, 3.63) is 29.3 Å². The van der Waals surface area contributed by atoms with Crippen LogP contribution in [-0.2, 0) is 9.59 Å². The van der Waals surface area contributed by atoms with Gasteiger partial charge in [-0.1, -0.05) is 19.3 Å². The number of nitrogens with one attached hydrogen (secondary N) is 1. The van der Waals surface area contributed by atoms with Crippen molar-refractivity contribution in [3.8, 4) is 0 Å². The Kier molecular flexibility index (Phi) is 6.40. The molecule has 1 aliphatic carbocycles.